The summed E-state index contributed by atoms with van der Waals surface area (Å²) in [5, 5.41) is 11.4. The van der Waals surface area contributed by atoms with Gasteiger partial charge >= 0.3 is 0 Å². The van der Waals surface area contributed by atoms with Crippen LogP contribution in [0.15, 0.2) is 45.6 Å². The van der Waals surface area contributed by atoms with Crippen LogP contribution in [0, 0.1) is 6.92 Å². The number of nitrogens with one attached hydrogen (secondary N) is 4. The molecule has 30 heavy (non-hydrogen) atoms. The van der Waals surface area contributed by atoms with Crippen molar-refractivity contribution < 1.29 is 9.59 Å². The molecular weight excluding hydrogens is 446 g/mol. The average Bonchev–Trinajstić information content (AvgIpc) is 2.78. The Hall–Kier alpha value is -2.29. The summed E-state index contributed by atoms with van der Waals surface area (Å²) in [4.78, 5) is 24.7. The highest BCUT2D eigenvalue weighted by molar-refractivity contribution is 9.10. The van der Waals surface area contributed by atoms with Crippen molar-refractivity contribution in [2.45, 2.75) is 27.7 Å². The lowest BCUT2D eigenvalue weighted by Gasteiger charge is -2.08. The zero-order valence-electron chi connectivity index (χ0n) is 18.9. The minimum Gasteiger partial charge on any atom is -0.362 e. The van der Waals surface area contributed by atoms with Crippen LogP contribution in [0.4, 0.5) is 0 Å². The summed E-state index contributed by atoms with van der Waals surface area (Å²) < 4.78 is 0.944. The Labute approximate surface area is 189 Å². The Morgan fingerprint density at radius 1 is 1.17 bits per heavy atom. The fourth-order valence-corrected chi connectivity index (χ4v) is 2.12. The lowest BCUT2D eigenvalue weighted by Crippen LogP contribution is -2.14. The standard InChI is InChI=1S/C17H22BrN3O.C3H9N.C2H5NO/c1-4-16(10-20-12-19-5-2)21-9-14(11-22)17-8-15(18)7-6-13(17)3;1-3-4-2;1-3-2-4/h4,6-11,19,21H,5,12H2,1-3H3;4H,3H2,1-2H3;2H,1H3,(H,3,4)/b14-9+,16-4+,20-10-;;. The van der Waals surface area contributed by atoms with Crippen LogP contribution >= 0.6 is 15.9 Å². The number of aryl methyl sites for hydroxylation is 1. The van der Waals surface area contributed by atoms with E-state index in [9.17, 15) is 4.79 Å². The van der Waals surface area contributed by atoms with Gasteiger partial charge in [0.1, 0.15) is 0 Å². The van der Waals surface area contributed by atoms with Crippen molar-refractivity contribution in [3.05, 3.63) is 51.8 Å². The number of hydrogen-bond acceptors (Lipinski definition) is 6. The smallest absolute Gasteiger partial charge is 0.206 e. The van der Waals surface area contributed by atoms with Gasteiger partial charge in [0.15, 0.2) is 6.29 Å². The molecule has 0 aromatic heterocycles. The number of hydrogen-bond donors (Lipinski definition) is 4. The van der Waals surface area contributed by atoms with Crippen LogP contribution in [-0.2, 0) is 9.59 Å². The molecule has 8 heteroatoms. The van der Waals surface area contributed by atoms with Crippen molar-refractivity contribution in [2.24, 2.45) is 4.99 Å². The SMILES string of the molecule is C/C=C(\C=N/CNCC)N/C=C(\C=O)c1cc(Br)ccc1C.CCNC.CNC=O. The van der Waals surface area contributed by atoms with Crippen molar-refractivity contribution in [2.75, 3.05) is 33.9 Å². The minimum atomic E-state index is 0.574. The normalized spacial score (nSPS) is 11.0. The summed E-state index contributed by atoms with van der Waals surface area (Å²) in [7, 11) is 3.49. The van der Waals surface area contributed by atoms with Gasteiger partial charge in [-0.1, -0.05) is 41.9 Å². The Bertz CT molecular complexity index is 686. The second-order valence-electron chi connectivity index (χ2n) is 5.75. The molecule has 1 rings (SSSR count). The van der Waals surface area contributed by atoms with Gasteiger partial charge in [-0.2, -0.15) is 0 Å². The van der Waals surface area contributed by atoms with Gasteiger partial charge in [0.2, 0.25) is 6.41 Å². The predicted octanol–water partition coefficient (Wildman–Crippen LogP) is 3.02. The number of allylic oxidation sites excluding steroid dienone is 3. The number of aliphatic imine (C=N–C) groups is 1. The molecule has 0 spiro atoms. The molecule has 0 aliphatic rings. The Kier molecular flexibility index (Phi) is 21.4. The van der Waals surface area contributed by atoms with Crippen molar-refractivity contribution >= 4 is 40.4 Å². The van der Waals surface area contributed by atoms with Gasteiger partial charge in [0.25, 0.3) is 0 Å². The molecule has 0 heterocycles. The van der Waals surface area contributed by atoms with E-state index in [1.165, 1.54) is 0 Å². The monoisotopic (exact) mass is 481 g/mol. The van der Waals surface area contributed by atoms with E-state index in [1.54, 1.807) is 19.5 Å². The number of amides is 1. The van der Waals surface area contributed by atoms with Gasteiger partial charge in [-0.25, -0.2) is 0 Å². The first-order valence-electron chi connectivity index (χ1n) is 9.76. The van der Waals surface area contributed by atoms with Crippen LogP contribution < -0.4 is 21.3 Å². The molecule has 168 valence electrons. The van der Waals surface area contributed by atoms with E-state index in [0.29, 0.717) is 18.7 Å². The molecule has 0 bridgehead atoms. The van der Waals surface area contributed by atoms with Gasteiger partial charge in [-0.05, 0) is 57.2 Å². The van der Waals surface area contributed by atoms with E-state index in [2.05, 4.69) is 49.1 Å². The maximum absolute atomic E-state index is 11.4. The van der Waals surface area contributed by atoms with Gasteiger partial charge < -0.3 is 16.0 Å². The molecule has 0 aliphatic heterocycles. The lowest BCUT2D eigenvalue weighted by molar-refractivity contribution is -0.109. The molecule has 1 aromatic rings. The highest BCUT2D eigenvalue weighted by Gasteiger charge is 2.05. The maximum Gasteiger partial charge on any atom is 0.206 e. The van der Waals surface area contributed by atoms with Crippen LogP contribution in [0.2, 0.25) is 0 Å². The van der Waals surface area contributed by atoms with E-state index in [0.717, 1.165) is 40.7 Å². The third-order valence-corrected chi connectivity index (χ3v) is 3.99. The summed E-state index contributed by atoms with van der Waals surface area (Å²) in [5.41, 5.74) is 3.38. The third kappa shape index (κ3) is 15.6. The number of benzene rings is 1. The predicted molar refractivity (Wildman–Crippen MR) is 132 cm³/mol. The minimum absolute atomic E-state index is 0.574. The zero-order valence-corrected chi connectivity index (χ0v) is 20.5. The first-order chi connectivity index (χ1) is 14.4. The maximum atomic E-state index is 11.4. The Balaban J connectivity index is 0. The summed E-state index contributed by atoms with van der Waals surface area (Å²) >= 11 is 3.43. The molecule has 1 amide bonds. The molecule has 0 fully saturated rings. The van der Waals surface area contributed by atoms with Crippen LogP contribution in [0.25, 0.3) is 5.57 Å². The number of carbonyl (C=O) groups excluding carboxylic acids is 2. The van der Waals surface area contributed by atoms with E-state index in [1.807, 2.05) is 52.1 Å². The van der Waals surface area contributed by atoms with E-state index in [4.69, 9.17) is 4.79 Å². The molecular formula is C22H36BrN5O2. The van der Waals surface area contributed by atoms with Gasteiger partial charge in [0, 0.05) is 29.5 Å². The zero-order chi connectivity index (χ0) is 23.2. The van der Waals surface area contributed by atoms with Crippen molar-refractivity contribution in [3.8, 4) is 0 Å². The summed E-state index contributed by atoms with van der Waals surface area (Å²) in [6, 6.07) is 5.87. The van der Waals surface area contributed by atoms with Crippen molar-refractivity contribution in [1.82, 2.24) is 21.3 Å². The van der Waals surface area contributed by atoms with E-state index < -0.39 is 0 Å². The van der Waals surface area contributed by atoms with E-state index in [-0.39, 0.29) is 0 Å². The Morgan fingerprint density at radius 2 is 1.80 bits per heavy atom. The lowest BCUT2D eigenvalue weighted by atomic mass is 10.0. The van der Waals surface area contributed by atoms with Gasteiger partial charge in [0.05, 0.1) is 12.4 Å². The molecule has 0 aliphatic carbocycles. The van der Waals surface area contributed by atoms with E-state index >= 15 is 0 Å². The second-order valence-corrected chi connectivity index (χ2v) is 6.67. The molecule has 0 radical (unpaired) electrons. The number of halogens is 1. The van der Waals surface area contributed by atoms with Crippen molar-refractivity contribution in [1.29, 1.82) is 0 Å². The summed E-state index contributed by atoms with van der Waals surface area (Å²) in [6.45, 7) is 10.5. The van der Waals surface area contributed by atoms with Crippen LogP contribution in [0.5, 0.6) is 0 Å². The number of nitrogens with zero attached hydrogens (tertiary/aromatic N) is 1. The third-order valence-electron chi connectivity index (χ3n) is 3.50. The topological polar surface area (TPSA) is 94.6 Å². The highest BCUT2D eigenvalue weighted by Crippen LogP contribution is 2.21. The molecule has 7 nitrogen and oxygen atoms in total. The van der Waals surface area contributed by atoms with Gasteiger partial charge in [-0.3, -0.25) is 19.9 Å². The molecule has 0 unspecified atom stereocenters. The summed E-state index contributed by atoms with van der Waals surface area (Å²) in [5.74, 6) is 0. The average molecular weight is 482 g/mol. The molecule has 4 N–H and O–H groups in total. The first kappa shape index (κ1) is 29.9. The number of rotatable bonds is 10. The molecule has 0 atom stereocenters. The van der Waals surface area contributed by atoms with Crippen LogP contribution in [-0.4, -0.2) is 52.8 Å². The fourth-order valence-electron chi connectivity index (χ4n) is 1.76. The van der Waals surface area contributed by atoms with Gasteiger partial charge in [-0.15, -0.1) is 0 Å². The van der Waals surface area contributed by atoms with Crippen LogP contribution in [0.3, 0.4) is 0 Å². The van der Waals surface area contributed by atoms with Crippen molar-refractivity contribution in [3.63, 3.8) is 0 Å². The number of aldehydes is 1. The first-order valence-corrected chi connectivity index (χ1v) is 10.6. The second kappa shape index (κ2) is 21.4. The largest absolute Gasteiger partial charge is 0.362 e. The highest BCUT2D eigenvalue weighted by atomic mass is 79.9. The summed E-state index contributed by atoms with van der Waals surface area (Å²) in [6.07, 6.45) is 6.83. The Morgan fingerprint density at radius 3 is 2.27 bits per heavy atom. The quantitative estimate of drug-likeness (QED) is 0.178. The number of carbonyl (C=O) groups is 2. The molecule has 0 saturated heterocycles. The fraction of sp³-hybridized carbons (Fsp3) is 0.409. The molecule has 1 aromatic carbocycles. The molecule has 0 saturated carbocycles. The van der Waals surface area contributed by atoms with Crippen LogP contribution in [0.1, 0.15) is 31.9 Å².